The molecule has 0 saturated heterocycles. The Balaban J connectivity index is 1.61. The van der Waals surface area contributed by atoms with Gasteiger partial charge in [-0.25, -0.2) is 9.97 Å². The van der Waals surface area contributed by atoms with E-state index in [0.29, 0.717) is 24.8 Å². The number of allylic oxidation sites excluding steroid dienone is 1. The molecule has 5 heteroatoms. The van der Waals surface area contributed by atoms with Gasteiger partial charge in [0.05, 0.1) is 25.6 Å². The van der Waals surface area contributed by atoms with Crippen LogP contribution in [0.2, 0.25) is 0 Å². The van der Waals surface area contributed by atoms with E-state index >= 15 is 0 Å². The number of hydrogen-bond acceptors (Lipinski definition) is 5. The molecule has 1 heterocycles. The van der Waals surface area contributed by atoms with E-state index in [-0.39, 0.29) is 0 Å². The first-order chi connectivity index (χ1) is 16.3. The molecule has 0 aliphatic heterocycles. The molecule has 33 heavy (non-hydrogen) atoms. The van der Waals surface area contributed by atoms with Gasteiger partial charge in [0, 0.05) is 18.8 Å². The molecule has 0 atom stereocenters. The lowest BCUT2D eigenvalue weighted by Gasteiger charge is -2.08. The number of unbranched alkanes of at least 4 members (excludes halogenated alkanes) is 6. The Morgan fingerprint density at radius 2 is 1.33 bits per heavy atom. The summed E-state index contributed by atoms with van der Waals surface area (Å²) in [7, 11) is 0. The molecule has 182 valence electrons. The molecule has 0 unspecified atom stereocenters. The Bertz CT molecular complexity index is 745. The van der Waals surface area contributed by atoms with Gasteiger partial charge in [0.15, 0.2) is 11.6 Å². The maximum Gasteiger partial charge on any atom is 0.159 e. The largest absolute Gasteiger partial charge is 0.494 e. The Hall–Kier alpha value is -2.40. The summed E-state index contributed by atoms with van der Waals surface area (Å²) in [6.07, 6.45) is 19.7. The standard InChI is InChI=1S/C28H42N2O3/c1-3-5-6-7-8-9-10-11-12-21-33-27-23-29-28(30-24-27)25-15-17-26(18-16-25)32-22-14-13-20-31-19-4-2/h10-11,15-18,23-24H,3-9,12-14,19-22H2,1-2H3/b11-10-. The van der Waals surface area contributed by atoms with E-state index in [2.05, 4.69) is 36.0 Å². The molecular formula is C28H42N2O3. The van der Waals surface area contributed by atoms with Crippen LogP contribution in [0.1, 0.15) is 78.1 Å². The first kappa shape index (κ1) is 26.8. The second-order valence-electron chi connectivity index (χ2n) is 8.25. The summed E-state index contributed by atoms with van der Waals surface area (Å²) in [5.74, 6) is 2.25. The predicted octanol–water partition coefficient (Wildman–Crippen LogP) is 7.41. The van der Waals surface area contributed by atoms with Gasteiger partial charge in [0.1, 0.15) is 5.75 Å². The fourth-order valence-corrected chi connectivity index (χ4v) is 3.33. The Morgan fingerprint density at radius 3 is 2.09 bits per heavy atom. The highest BCUT2D eigenvalue weighted by atomic mass is 16.5. The molecule has 1 aromatic heterocycles. The van der Waals surface area contributed by atoms with Crippen LogP contribution in [0, 0.1) is 0 Å². The van der Waals surface area contributed by atoms with E-state index in [1.54, 1.807) is 12.4 Å². The molecular weight excluding hydrogens is 412 g/mol. The third-order valence-corrected chi connectivity index (χ3v) is 5.24. The summed E-state index contributed by atoms with van der Waals surface area (Å²) in [5, 5.41) is 0. The Morgan fingerprint density at radius 1 is 0.636 bits per heavy atom. The van der Waals surface area contributed by atoms with E-state index in [4.69, 9.17) is 14.2 Å². The second-order valence-corrected chi connectivity index (χ2v) is 8.25. The number of hydrogen-bond donors (Lipinski definition) is 0. The summed E-state index contributed by atoms with van der Waals surface area (Å²) >= 11 is 0. The van der Waals surface area contributed by atoms with E-state index in [1.807, 2.05) is 24.3 Å². The summed E-state index contributed by atoms with van der Waals surface area (Å²) < 4.78 is 17.0. The van der Waals surface area contributed by atoms with Crippen molar-refractivity contribution in [2.24, 2.45) is 0 Å². The van der Waals surface area contributed by atoms with Crippen LogP contribution in [0.5, 0.6) is 11.5 Å². The zero-order valence-corrected chi connectivity index (χ0v) is 20.6. The molecule has 0 aliphatic carbocycles. The quantitative estimate of drug-likeness (QED) is 0.163. The van der Waals surface area contributed by atoms with Gasteiger partial charge >= 0.3 is 0 Å². The average molecular weight is 455 g/mol. The SMILES string of the molecule is CCCCCCC/C=C\CCOc1cnc(-c2ccc(OCCCCOCCC)cc2)nc1. The summed E-state index contributed by atoms with van der Waals surface area (Å²) in [6.45, 7) is 7.37. The Kier molecular flexibility index (Phi) is 14.7. The highest BCUT2D eigenvalue weighted by Crippen LogP contribution is 2.20. The maximum absolute atomic E-state index is 5.80. The van der Waals surface area contributed by atoms with Crippen molar-refractivity contribution in [2.75, 3.05) is 26.4 Å². The van der Waals surface area contributed by atoms with Crippen molar-refractivity contribution in [3.8, 4) is 22.9 Å². The van der Waals surface area contributed by atoms with Gasteiger partial charge in [0.25, 0.3) is 0 Å². The molecule has 0 spiro atoms. The lowest BCUT2D eigenvalue weighted by molar-refractivity contribution is 0.127. The van der Waals surface area contributed by atoms with Gasteiger partial charge in [-0.2, -0.15) is 0 Å². The number of benzene rings is 1. The minimum atomic E-state index is 0.645. The van der Waals surface area contributed by atoms with Crippen LogP contribution in [0.4, 0.5) is 0 Å². The monoisotopic (exact) mass is 454 g/mol. The van der Waals surface area contributed by atoms with E-state index < -0.39 is 0 Å². The van der Waals surface area contributed by atoms with E-state index in [0.717, 1.165) is 50.2 Å². The maximum atomic E-state index is 5.80. The third-order valence-electron chi connectivity index (χ3n) is 5.24. The zero-order chi connectivity index (χ0) is 23.4. The molecule has 2 aromatic rings. The minimum Gasteiger partial charge on any atom is -0.494 e. The summed E-state index contributed by atoms with van der Waals surface area (Å²) in [5.41, 5.74) is 0.962. The van der Waals surface area contributed by atoms with Gasteiger partial charge in [-0.05, 0) is 62.8 Å². The van der Waals surface area contributed by atoms with Crippen LogP contribution in [-0.2, 0) is 4.74 Å². The van der Waals surface area contributed by atoms with Gasteiger partial charge in [-0.15, -0.1) is 0 Å². The van der Waals surface area contributed by atoms with Crippen molar-refractivity contribution in [3.05, 3.63) is 48.8 Å². The van der Waals surface area contributed by atoms with Crippen LogP contribution < -0.4 is 9.47 Å². The van der Waals surface area contributed by atoms with Crippen LogP contribution in [-0.4, -0.2) is 36.4 Å². The molecule has 0 bridgehead atoms. The number of nitrogens with zero attached hydrogens (tertiary/aromatic N) is 2. The fraction of sp³-hybridized carbons (Fsp3) is 0.571. The fourth-order valence-electron chi connectivity index (χ4n) is 3.33. The molecule has 0 aliphatic rings. The zero-order valence-electron chi connectivity index (χ0n) is 20.6. The van der Waals surface area contributed by atoms with Gasteiger partial charge in [-0.3, -0.25) is 0 Å². The lowest BCUT2D eigenvalue weighted by Crippen LogP contribution is -2.01. The number of rotatable bonds is 19. The topological polar surface area (TPSA) is 53.5 Å². The van der Waals surface area contributed by atoms with Gasteiger partial charge in [-0.1, -0.05) is 51.7 Å². The normalized spacial score (nSPS) is 11.2. The molecule has 5 nitrogen and oxygen atoms in total. The van der Waals surface area contributed by atoms with Crippen LogP contribution >= 0.6 is 0 Å². The summed E-state index contributed by atoms with van der Waals surface area (Å²) in [4.78, 5) is 8.89. The number of ether oxygens (including phenoxy) is 3. The van der Waals surface area contributed by atoms with E-state index in [9.17, 15) is 0 Å². The lowest BCUT2D eigenvalue weighted by atomic mass is 10.1. The molecule has 0 N–H and O–H groups in total. The summed E-state index contributed by atoms with van der Waals surface area (Å²) in [6, 6.07) is 7.91. The molecule has 2 rings (SSSR count). The molecule has 0 amide bonds. The first-order valence-electron chi connectivity index (χ1n) is 12.7. The van der Waals surface area contributed by atoms with Crippen molar-refractivity contribution < 1.29 is 14.2 Å². The second kappa shape index (κ2) is 18.1. The minimum absolute atomic E-state index is 0.645. The van der Waals surface area contributed by atoms with Crippen molar-refractivity contribution in [1.29, 1.82) is 0 Å². The first-order valence-corrected chi connectivity index (χ1v) is 12.7. The van der Waals surface area contributed by atoms with Crippen LogP contribution in [0.3, 0.4) is 0 Å². The van der Waals surface area contributed by atoms with Crippen molar-refractivity contribution in [2.45, 2.75) is 78.1 Å². The highest BCUT2D eigenvalue weighted by Gasteiger charge is 2.03. The van der Waals surface area contributed by atoms with Crippen LogP contribution in [0.25, 0.3) is 11.4 Å². The van der Waals surface area contributed by atoms with Crippen molar-refractivity contribution in [1.82, 2.24) is 9.97 Å². The molecule has 0 radical (unpaired) electrons. The predicted molar refractivity (Wildman–Crippen MR) is 136 cm³/mol. The smallest absolute Gasteiger partial charge is 0.159 e. The number of aromatic nitrogens is 2. The molecule has 1 aromatic carbocycles. The van der Waals surface area contributed by atoms with Gasteiger partial charge < -0.3 is 14.2 Å². The third kappa shape index (κ3) is 12.4. The molecule has 0 fully saturated rings. The molecule has 0 saturated carbocycles. The van der Waals surface area contributed by atoms with E-state index in [1.165, 1.54) is 38.5 Å². The van der Waals surface area contributed by atoms with Crippen molar-refractivity contribution in [3.63, 3.8) is 0 Å². The van der Waals surface area contributed by atoms with Gasteiger partial charge in [0.2, 0.25) is 0 Å². The van der Waals surface area contributed by atoms with Crippen LogP contribution in [0.15, 0.2) is 48.8 Å². The highest BCUT2D eigenvalue weighted by molar-refractivity contribution is 5.56. The van der Waals surface area contributed by atoms with Crippen molar-refractivity contribution >= 4 is 0 Å². The Labute approximate surface area is 200 Å². The average Bonchev–Trinajstić information content (AvgIpc) is 2.85.